The number of hydrogen-bond acceptors (Lipinski definition) is 10. The first-order valence-electron chi connectivity index (χ1n) is 11.1. The summed E-state index contributed by atoms with van der Waals surface area (Å²) in [5.74, 6) is 1.09. The van der Waals surface area contributed by atoms with E-state index in [-0.39, 0.29) is 0 Å². The van der Waals surface area contributed by atoms with Crippen molar-refractivity contribution in [1.29, 1.82) is 0 Å². The van der Waals surface area contributed by atoms with Gasteiger partial charge < -0.3 is 20.5 Å². The number of anilines is 3. The molecule has 0 radical (unpaired) electrons. The Labute approximate surface area is 197 Å². The van der Waals surface area contributed by atoms with Gasteiger partial charge in [-0.15, -0.1) is 0 Å². The molecule has 0 amide bonds. The molecule has 1 fully saturated rings. The van der Waals surface area contributed by atoms with Gasteiger partial charge in [-0.25, -0.2) is 4.98 Å². The third-order valence-electron chi connectivity index (χ3n) is 5.54. The maximum Gasteiger partial charge on any atom is 0.139 e. The predicted octanol–water partition coefficient (Wildman–Crippen LogP) is 2.83. The van der Waals surface area contributed by atoms with E-state index in [1.54, 1.807) is 24.8 Å². The zero-order valence-electron chi connectivity index (χ0n) is 18.9. The number of aromatic nitrogens is 5. The van der Waals surface area contributed by atoms with Crippen molar-refractivity contribution in [2.45, 2.75) is 6.92 Å². The highest BCUT2D eigenvalue weighted by molar-refractivity contribution is 5.87. The molecule has 0 unspecified atom stereocenters. The Balaban J connectivity index is 1.28. The molecule has 0 aliphatic carbocycles. The number of rotatable bonds is 7. The number of nitrogens with two attached hydrogens (primary N) is 1. The average Bonchev–Trinajstić information content (AvgIpc) is 2.84. The summed E-state index contributed by atoms with van der Waals surface area (Å²) < 4.78 is 11.3. The number of morpholine rings is 1. The zero-order valence-corrected chi connectivity index (χ0v) is 18.9. The summed E-state index contributed by atoms with van der Waals surface area (Å²) >= 11 is 0. The van der Waals surface area contributed by atoms with Crippen LogP contribution in [0.15, 0.2) is 49.1 Å². The standard InChI is InChI=1S/C24H26N8O2/c1-16-8-21(31-28-12-16)20-11-22-23(30-24(20)25)10-18(14-27-22)29-17-9-19(15-26-13-17)34-7-4-32-2-5-33-6-3-32/h8-15,29H,2-7H2,1H3,(H2,25,30). The molecule has 0 spiro atoms. The topological polar surface area (TPSA) is 124 Å². The number of aryl methyl sites for hydroxylation is 1. The number of nitrogens with one attached hydrogen (secondary N) is 1. The Bertz CT molecular complexity index is 1290. The third-order valence-corrected chi connectivity index (χ3v) is 5.54. The lowest BCUT2D eigenvalue weighted by Crippen LogP contribution is -2.38. The van der Waals surface area contributed by atoms with Crippen molar-refractivity contribution < 1.29 is 9.47 Å². The minimum atomic E-state index is 0.378. The summed E-state index contributed by atoms with van der Waals surface area (Å²) in [5.41, 5.74) is 11.6. The van der Waals surface area contributed by atoms with Gasteiger partial charge in [-0.1, -0.05) is 0 Å². The molecule has 4 aromatic heterocycles. The smallest absolute Gasteiger partial charge is 0.139 e. The van der Waals surface area contributed by atoms with Crippen molar-refractivity contribution in [3.8, 4) is 17.0 Å². The van der Waals surface area contributed by atoms with Gasteiger partial charge >= 0.3 is 0 Å². The molecule has 10 heteroatoms. The van der Waals surface area contributed by atoms with Crippen LogP contribution >= 0.6 is 0 Å². The van der Waals surface area contributed by atoms with E-state index in [0.717, 1.165) is 55.3 Å². The monoisotopic (exact) mass is 458 g/mol. The van der Waals surface area contributed by atoms with E-state index >= 15 is 0 Å². The van der Waals surface area contributed by atoms with Crippen LogP contribution in [-0.2, 0) is 4.74 Å². The summed E-state index contributed by atoms with van der Waals surface area (Å²) in [6, 6.07) is 7.62. The molecule has 34 heavy (non-hydrogen) atoms. The molecule has 1 aliphatic heterocycles. The van der Waals surface area contributed by atoms with Crippen LogP contribution in [0.4, 0.5) is 17.2 Å². The van der Waals surface area contributed by atoms with Crippen molar-refractivity contribution in [2.75, 3.05) is 50.5 Å². The van der Waals surface area contributed by atoms with Crippen molar-refractivity contribution >= 4 is 28.2 Å². The van der Waals surface area contributed by atoms with E-state index in [1.165, 1.54) is 0 Å². The van der Waals surface area contributed by atoms with Crippen molar-refractivity contribution in [2.24, 2.45) is 0 Å². The van der Waals surface area contributed by atoms with E-state index in [4.69, 9.17) is 15.2 Å². The minimum Gasteiger partial charge on any atom is -0.491 e. The van der Waals surface area contributed by atoms with Crippen molar-refractivity contribution in [1.82, 2.24) is 30.0 Å². The van der Waals surface area contributed by atoms with Crippen LogP contribution in [0.1, 0.15) is 5.56 Å². The molecule has 1 aliphatic rings. The maximum atomic E-state index is 6.23. The lowest BCUT2D eigenvalue weighted by atomic mass is 10.1. The van der Waals surface area contributed by atoms with Gasteiger partial charge in [-0.05, 0) is 30.7 Å². The van der Waals surface area contributed by atoms with Gasteiger partial charge in [0.1, 0.15) is 18.2 Å². The number of ether oxygens (including phenoxy) is 2. The van der Waals surface area contributed by atoms with Crippen molar-refractivity contribution in [3.05, 3.63) is 54.6 Å². The van der Waals surface area contributed by atoms with Crippen molar-refractivity contribution in [3.63, 3.8) is 0 Å². The first kappa shape index (κ1) is 21.9. The first-order valence-corrected chi connectivity index (χ1v) is 11.1. The van der Waals surface area contributed by atoms with Crippen LogP contribution < -0.4 is 15.8 Å². The fourth-order valence-electron chi connectivity index (χ4n) is 3.78. The Morgan fingerprint density at radius 3 is 2.74 bits per heavy atom. The molecule has 10 nitrogen and oxygen atoms in total. The van der Waals surface area contributed by atoms with E-state index in [1.807, 2.05) is 31.2 Å². The van der Waals surface area contributed by atoms with Crippen LogP contribution in [0.25, 0.3) is 22.3 Å². The summed E-state index contributed by atoms with van der Waals surface area (Å²) in [6.45, 7) is 6.86. The van der Waals surface area contributed by atoms with E-state index in [2.05, 4.69) is 35.4 Å². The second-order valence-electron chi connectivity index (χ2n) is 8.14. The largest absolute Gasteiger partial charge is 0.491 e. The SMILES string of the molecule is Cc1cnnc(-c2cc3ncc(Nc4cncc(OCCN5CCOCC5)c4)cc3nc2N)c1. The Morgan fingerprint density at radius 1 is 1.03 bits per heavy atom. The van der Waals surface area contributed by atoms with Gasteiger partial charge in [0.2, 0.25) is 0 Å². The van der Waals surface area contributed by atoms with Crippen LogP contribution in [-0.4, -0.2) is 69.5 Å². The predicted molar refractivity (Wildman–Crippen MR) is 130 cm³/mol. The molecule has 174 valence electrons. The van der Waals surface area contributed by atoms with Gasteiger partial charge in [-0.2, -0.15) is 10.2 Å². The van der Waals surface area contributed by atoms with Gasteiger partial charge in [0, 0.05) is 31.3 Å². The fraction of sp³-hybridized carbons (Fsp3) is 0.292. The first-order chi connectivity index (χ1) is 16.6. The highest BCUT2D eigenvalue weighted by atomic mass is 16.5. The number of nitrogen functional groups attached to an aromatic ring is 1. The lowest BCUT2D eigenvalue weighted by molar-refractivity contribution is 0.0322. The third kappa shape index (κ3) is 5.19. The normalized spacial score (nSPS) is 14.3. The second-order valence-corrected chi connectivity index (χ2v) is 8.14. The second kappa shape index (κ2) is 9.94. The van der Waals surface area contributed by atoms with E-state index in [9.17, 15) is 0 Å². The van der Waals surface area contributed by atoms with Gasteiger partial charge in [0.05, 0.1) is 66.1 Å². The summed E-state index contributed by atoms with van der Waals surface area (Å²) in [6.07, 6.45) is 6.89. The quantitative estimate of drug-likeness (QED) is 0.427. The zero-order chi connectivity index (χ0) is 23.3. The molecule has 3 N–H and O–H groups in total. The van der Waals surface area contributed by atoms with Crippen LogP contribution in [0.2, 0.25) is 0 Å². The molecule has 0 saturated carbocycles. The minimum absolute atomic E-state index is 0.378. The molecular weight excluding hydrogens is 432 g/mol. The van der Waals surface area contributed by atoms with Gasteiger partial charge in [0.25, 0.3) is 0 Å². The highest BCUT2D eigenvalue weighted by Crippen LogP contribution is 2.28. The average molecular weight is 459 g/mol. The molecule has 0 bridgehead atoms. The van der Waals surface area contributed by atoms with E-state index in [0.29, 0.717) is 34.9 Å². The number of nitrogens with zero attached hydrogens (tertiary/aromatic N) is 6. The van der Waals surface area contributed by atoms with Crippen LogP contribution in [0.3, 0.4) is 0 Å². The van der Waals surface area contributed by atoms with Gasteiger partial charge in [-0.3, -0.25) is 14.9 Å². The number of hydrogen-bond donors (Lipinski definition) is 2. The van der Waals surface area contributed by atoms with E-state index < -0.39 is 0 Å². The number of fused-ring (bicyclic) bond motifs is 1. The molecule has 0 atom stereocenters. The highest BCUT2D eigenvalue weighted by Gasteiger charge is 2.12. The van der Waals surface area contributed by atoms with Crippen LogP contribution in [0.5, 0.6) is 5.75 Å². The summed E-state index contributed by atoms with van der Waals surface area (Å²) in [5, 5.41) is 11.5. The maximum absolute atomic E-state index is 6.23. The summed E-state index contributed by atoms with van der Waals surface area (Å²) in [7, 11) is 0. The summed E-state index contributed by atoms with van der Waals surface area (Å²) in [4.78, 5) is 15.7. The Morgan fingerprint density at radius 2 is 1.88 bits per heavy atom. The Hall–Kier alpha value is -3.89. The fourth-order valence-corrected chi connectivity index (χ4v) is 3.78. The number of pyridine rings is 3. The molecule has 5 rings (SSSR count). The molecule has 5 heterocycles. The van der Waals surface area contributed by atoms with Crippen LogP contribution in [0, 0.1) is 6.92 Å². The molecule has 4 aromatic rings. The molecular formula is C24H26N8O2. The van der Waals surface area contributed by atoms with Gasteiger partial charge in [0.15, 0.2) is 0 Å². The molecule has 0 aromatic carbocycles. The molecule has 1 saturated heterocycles. The Kier molecular flexibility index (Phi) is 6.41. The lowest BCUT2D eigenvalue weighted by Gasteiger charge is -2.26.